The van der Waals surface area contributed by atoms with Gasteiger partial charge in [-0.25, -0.2) is 0 Å². The molecule has 0 aliphatic rings. The van der Waals surface area contributed by atoms with Gasteiger partial charge in [-0.2, -0.15) is 0 Å². The predicted octanol–water partition coefficient (Wildman–Crippen LogP) is -0.0144. The van der Waals surface area contributed by atoms with Gasteiger partial charge >= 0.3 is 21.2 Å². The van der Waals surface area contributed by atoms with Crippen LogP contribution in [0.4, 0.5) is 5.69 Å². The number of benzene rings is 2. The molecule has 0 amide bonds. The zero-order valence-electron chi connectivity index (χ0n) is 12.1. The number of nitrogens with zero attached hydrogens (tertiary/aromatic N) is 2. The van der Waals surface area contributed by atoms with E-state index in [9.17, 15) is 15.2 Å². The molecule has 1 N–H and O–H groups in total. The average Bonchev–Trinajstić information content (AvgIpc) is 2.58. The molecule has 0 radical (unpaired) electrons. The number of hydrogen-bond acceptors (Lipinski definition) is 5. The Labute approximate surface area is 142 Å². The topological polar surface area (TPSA) is 85.5 Å². The summed E-state index contributed by atoms with van der Waals surface area (Å²) >= 11 is -0.778. The number of ether oxygens (including phenoxy) is 1. The van der Waals surface area contributed by atoms with E-state index < -0.39 is 26.1 Å². The number of methoxy groups -OCH3 is 1. The Morgan fingerprint density at radius 2 is 2.00 bits per heavy atom. The summed E-state index contributed by atoms with van der Waals surface area (Å²) in [6.07, 6.45) is 1.52. The Morgan fingerprint density at radius 1 is 1.26 bits per heavy atom. The van der Waals surface area contributed by atoms with Gasteiger partial charge in [0.1, 0.15) is 11.3 Å². The molecule has 0 unspecified atom stereocenters. The zero-order chi connectivity index (χ0) is 16.4. The fourth-order valence-corrected chi connectivity index (χ4v) is 4.51. The maximum absolute atomic E-state index is 11.3. The maximum atomic E-state index is 11.3. The fraction of sp³-hybridized carbons (Fsp3) is 0.0625. The third-order valence-corrected chi connectivity index (χ3v) is 6.00. The highest BCUT2D eigenvalue weighted by Gasteiger charge is 2.28. The number of phenols is 1. The second-order valence-electron chi connectivity index (χ2n) is 4.64. The molecule has 0 bridgehead atoms. The van der Waals surface area contributed by atoms with Crippen molar-refractivity contribution in [1.82, 2.24) is 4.98 Å². The number of nitro benzene ring substituents is 1. The Hall–Kier alpha value is -2.42. The zero-order valence-corrected chi connectivity index (χ0v) is 14.2. The van der Waals surface area contributed by atoms with E-state index >= 15 is 0 Å². The van der Waals surface area contributed by atoms with E-state index in [0.717, 1.165) is 9.32 Å². The lowest BCUT2D eigenvalue weighted by atomic mass is 10.2. The molecule has 2 aromatic carbocycles. The number of fused-ring (bicyclic) bond motifs is 1. The van der Waals surface area contributed by atoms with E-state index in [0.29, 0.717) is 8.96 Å². The molecule has 7 heteroatoms. The normalized spacial score (nSPS) is 10.7. The molecular formula is C16H12IN2O4+. The Morgan fingerprint density at radius 3 is 2.65 bits per heavy atom. The van der Waals surface area contributed by atoms with E-state index in [2.05, 4.69) is 4.98 Å². The van der Waals surface area contributed by atoms with E-state index in [1.165, 1.54) is 12.3 Å². The van der Waals surface area contributed by atoms with E-state index in [-0.39, 0.29) is 17.0 Å². The van der Waals surface area contributed by atoms with Crippen LogP contribution in [0.3, 0.4) is 0 Å². The molecule has 3 aromatic rings. The Kier molecular flexibility index (Phi) is 4.28. The summed E-state index contributed by atoms with van der Waals surface area (Å²) in [6, 6.07) is 12.1. The molecule has 0 atom stereocenters. The number of nitro groups is 1. The van der Waals surface area contributed by atoms with Crippen molar-refractivity contribution in [2.75, 3.05) is 7.11 Å². The van der Waals surface area contributed by atoms with Crippen molar-refractivity contribution >= 4 is 16.6 Å². The smallest absolute Gasteiger partial charge is 0.362 e. The van der Waals surface area contributed by atoms with Crippen LogP contribution in [0.25, 0.3) is 10.9 Å². The Balaban J connectivity index is 2.09. The molecule has 0 saturated carbocycles. The van der Waals surface area contributed by atoms with Crippen molar-refractivity contribution in [1.29, 1.82) is 0 Å². The molecule has 3 rings (SSSR count). The van der Waals surface area contributed by atoms with Crippen molar-refractivity contribution in [2.24, 2.45) is 0 Å². The molecule has 1 heterocycles. The quantitative estimate of drug-likeness (QED) is 0.363. The van der Waals surface area contributed by atoms with Gasteiger partial charge in [0.05, 0.1) is 23.5 Å². The first-order valence-electron chi connectivity index (χ1n) is 6.64. The number of aromatic hydroxyl groups is 1. The van der Waals surface area contributed by atoms with Crippen molar-refractivity contribution < 1.29 is 36.0 Å². The van der Waals surface area contributed by atoms with Gasteiger partial charge in [-0.1, -0.05) is 0 Å². The van der Waals surface area contributed by atoms with Crippen LogP contribution in [0.15, 0.2) is 48.7 Å². The molecule has 0 aliphatic heterocycles. The summed E-state index contributed by atoms with van der Waals surface area (Å²) in [4.78, 5) is 15.0. The van der Waals surface area contributed by atoms with E-state index in [1.807, 2.05) is 24.3 Å². The van der Waals surface area contributed by atoms with E-state index in [4.69, 9.17) is 4.74 Å². The number of aromatic nitrogens is 1. The monoisotopic (exact) mass is 423 g/mol. The van der Waals surface area contributed by atoms with Crippen LogP contribution in [0.1, 0.15) is 0 Å². The first-order valence-corrected chi connectivity index (χ1v) is 8.80. The number of rotatable bonds is 4. The molecule has 1 aromatic heterocycles. The average molecular weight is 423 g/mol. The highest BCUT2D eigenvalue weighted by Crippen LogP contribution is 2.30. The minimum atomic E-state index is -0.778. The van der Waals surface area contributed by atoms with Crippen molar-refractivity contribution in [3.63, 3.8) is 0 Å². The van der Waals surface area contributed by atoms with Gasteiger partial charge in [0, 0.05) is 6.20 Å². The molecule has 0 aliphatic carbocycles. The second-order valence-corrected chi connectivity index (χ2v) is 7.58. The van der Waals surface area contributed by atoms with Gasteiger partial charge in [0.15, 0.2) is 9.32 Å². The largest absolute Gasteiger partial charge is 0.502 e. The lowest BCUT2D eigenvalue weighted by Crippen LogP contribution is -3.61. The van der Waals surface area contributed by atoms with Gasteiger partial charge in [0.25, 0.3) is 5.69 Å². The van der Waals surface area contributed by atoms with Crippen molar-refractivity contribution in [3.8, 4) is 11.5 Å². The highest BCUT2D eigenvalue weighted by molar-refractivity contribution is 5.91. The van der Waals surface area contributed by atoms with E-state index in [1.54, 1.807) is 19.2 Å². The molecule has 0 spiro atoms. The minimum absolute atomic E-state index is 0.0230. The number of non-ortho nitro benzene ring substituents is 1. The van der Waals surface area contributed by atoms with Crippen LogP contribution in [-0.4, -0.2) is 22.1 Å². The minimum Gasteiger partial charge on any atom is -0.502 e. The highest BCUT2D eigenvalue weighted by atomic mass is 127. The maximum Gasteiger partial charge on any atom is 0.362 e. The predicted molar refractivity (Wildman–Crippen MR) is 80.5 cm³/mol. The van der Waals surface area contributed by atoms with Crippen LogP contribution >= 0.6 is 0 Å². The van der Waals surface area contributed by atoms with Crippen molar-refractivity contribution in [3.05, 3.63) is 65.9 Å². The summed E-state index contributed by atoms with van der Waals surface area (Å²) in [6.45, 7) is 0. The second kappa shape index (κ2) is 6.37. The molecule has 6 nitrogen and oxygen atoms in total. The molecule has 0 fully saturated rings. The number of pyridine rings is 1. The first kappa shape index (κ1) is 15.5. The third kappa shape index (κ3) is 3.04. The fourth-order valence-electron chi connectivity index (χ4n) is 2.15. The van der Waals surface area contributed by atoms with Gasteiger partial charge in [-0.15, -0.1) is 0 Å². The van der Waals surface area contributed by atoms with Crippen LogP contribution < -0.4 is 25.9 Å². The summed E-state index contributed by atoms with van der Waals surface area (Å²) in [5.74, 6) is 0.767. The number of hydrogen-bond donors (Lipinski definition) is 1. The lowest BCUT2D eigenvalue weighted by Gasteiger charge is -2.01. The first-order chi connectivity index (χ1) is 11.1. The summed E-state index contributed by atoms with van der Waals surface area (Å²) in [5, 5.41) is 22.1. The summed E-state index contributed by atoms with van der Waals surface area (Å²) in [5.41, 5.74) is 0.235. The summed E-state index contributed by atoms with van der Waals surface area (Å²) in [7, 11) is 1.59. The molecule has 23 heavy (non-hydrogen) atoms. The summed E-state index contributed by atoms with van der Waals surface area (Å²) < 4.78 is 6.71. The number of halogens is 1. The molecule has 0 saturated heterocycles. The van der Waals surface area contributed by atoms with Crippen LogP contribution in [0, 0.1) is 17.3 Å². The van der Waals surface area contributed by atoms with Crippen LogP contribution in [-0.2, 0) is 0 Å². The van der Waals surface area contributed by atoms with Crippen molar-refractivity contribution in [2.45, 2.75) is 0 Å². The Bertz CT molecular complexity index is 881. The van der Waals surface area contributed by atoms with Gasteiger partial charge in [-0.3, -0.25) is 15.1 Å². The van der Waals surface area contributed by atoms with Gasteiger partial charge in [-0.05, 0) is 36.4 Å². The standard InChI is InChI=1S/C16H11IN2O4/c1-23-11-6-4-10(5-7-11)17-13-9-14(19(21)22)12-3-2-8-18-15(12)16(13)20/h2-9H,1H3/p+1. The van der Waals surface area contributed by atoms with Crippen LogP contribution in [0.5, 0.6) is 11.5 Å². The lowest BCUT2D eigenvalue weighted by molar-refractivity contribution is -0.598. The third-order valence-electron chi connectivity index (χ3n) is 3.25. The number of phenolic OH excluding ortho intramolecular Hbond substituents is 1. The molecular weight excluding hydrogens is 411 g/mol. The SMILES string of the molecule is COc1ccc([I+]c2cc([N+](=O)[O-])c3cccnc3c2O)cc1. The van der Waals surface area contributed by atoms with Gasteiger partial charge < -0.3 is 9.84 Å². The van der Waals surface area contributed by atoms with Gasteiger partial charge in [0.2, 0.25) is 3.57 Å². The van der Waals surface area contributed by atoms with Crippen LogP contribution in [0.2, 0.25) is 0 Å². The molecule has 116 valence electrons.